The van der Waals surface area contributed by atoms with Crippen LogP contribution in [0.2, 0.25) is 10.0 Å². The van der Waals surface area contributed by atoms with Crippen molar-refractivity contribution in [2.75, 3.05) is 23.0 Å². The van der Waals surface area contributed by atoms with Gasteiger partial charge in [0.15, 0.2) is 46.0 Å². The van der Waals surface area contributed by atoms with Crippen molar-refractivity contribution in [3.05, 3.63) is 105 Å². The van der Waals surface area contributed by atoms with E-state index in [9.17, 15) is 19.8 Å². The molecule has 9 rings (SSSR count). The molecule has 2 fully saturated rings. The summed E-state index contributed by atoms with van der Waals surface area (Å²) in [5, 5.41) is 19.4. The van der Waals surface area contributed by atoms with Crippen molar-refractivity contribution in [3.63, 3.8) is 0 Å². The average molecular weight is 834 g/mol. The number of alkyl halides is 2. The number of ether oxygens (including phenoxy) is 4. The maximum atomic E-state index is 13.1. The summed E-state index contributed by atoms with van der Waals surface area (Å²) in [5.74, 6) is 0.847. The minimum Gasteiger partial charge on any atom is -0.504 e. The van der Waals surface area contributed by atoms with Gasteiger partial charge in [-0.15, -0.1) is 23.2 Å². The van der Waals surface area contributed by atoms with Gasteiger partial charge in [-0.1, -0.05) is 35.3 Å². The first-order chi connectivity index (χ1) is 27.0. The third-order valence-electron chi connectivity index (χ3n) is 9.88. The number of halogens is 4. The molecule has 4 atom stereocenters. The summed E-state index contributed by atoms with van der Waals surface area (Å²) in [6.45, 7) is 4.31. The second-order valence-corrected chi connectivity index (χ2v) is 14.8. The van der Waals surface area contributed by atoms with Gasteiger partial charge in [-0.05, 0) is 73.5 Å². The predicted octanol–water partition coefficient (Wildman–Crippen LogP) is 8.71. The molecular formula is C40H28Cl4N4O8. The van der Waals surface area contributed by atoms with Gasteiger partial charge >= 0.3 is 0 Å². The molecule has 0 spiro atoms. The van der Waals surface area contributed by atoms with E-state index in [2.05, 4.69) is 0 Å². The minimum absolute atomic E-state index is 0.0188. The SMILES string of the molecule is CCOc1cc(C2C(Cl)C(=O)N2c2ccc3c(c2)Oc2c(Cl)c4c(c(Cl)c2=N3)Oc2cc(N3C(=O)C(Cl)C3c3ccc(O)c(OCC)c3)ccc2N=4)ccc1O. The van der Waals surface area contributed by atoms with Gasteiger partial charge in [-0.3, -0.25) is 9.59 Å². The Balaban J connectivity index is 1.03. The molecule has 56 heavy (non-hydrogen) atoms. The van der Waals surface area contributed by atoms with Gasteiger partial charge < -0.3 is 39.0 Å². The van der Waals surface area contributed by atoms with Gasteiger partial charge in [-0.25, -0.2) is 9.98 Å². The summed E-state index contributed by atoms with van der Waals surface area (Å²) in [6.07, 6.45) is 0. The van der Waals surface area contributed by atoms with Crippen molar-refractivity contribution < 1.29 is 38.7 Å². The van der Waals surface area contributed by atoms with Crippen LogP contribution in [0.4, 0.5) is 22.7 Å². The number of phenolic OH excluding ortho intramolecular Hbond substituents is 2. The second kappa shape index (κ2) is 13.7. The fourth-order valence-electron chi connectivity index (χ4n) is 7.21. The van der Waals surface area contributed by atoms with Crippen LogP contribution < -0.4 is 39.5 Å². The largest absolute Gasteiger partial charge is 0.504 e. The smallest absolute Gasteiger partial charge is 0.248 e. The summed E-state index contributed by atoms with van der Waals surface area (Å²) in [5.41, 5.74) is 3.21. The number of fused-ring (bicyclic) bond motifs is 4. The molecule has 4 aliphatic heterocycles. The summed E-state index contributed by atoms with van der Waals surface area (Å²) >= 11 is 26.9. The van der Waals surface area contributed by atoms with Crippen LogP contribution in [0.1, 0.15) is 37.1 Å². The van der Waals surface area contributed by atoms with E-state index in [4.69, 9.17) is 75.3 Å². The van der Waals surface area contributed by atoms with Crippen LogP contribution in [-0.2, 0) is 9.59 Å². The first-order valence-electron chi connectivity index (χ1n) is 17.5. The summed E-state index contributed by atoms with van der Waals surface area (Å²) < 4.78 is 23.7. The highest BCUT2D eigenvalue weighted by atomic mass is 35.5. The standard InChI is InChI=1S/C40H28Cl4N4O8/c1-3-53-27-13-17(5-11-23(27)49)35-31(43)39(51)47(35)19-7-9-21-25(15-19)55-37-29(41)34-38(30(42)33(37)45-21)56-26-16-20(8-10-22(26)46-34)48-36(32(44)40(48)52)18-6-12-24(50)28(14-18)54-4-2/h5-16,31-32,35-36,49-50H,3-4H2,1-2H3. The summed E-state index contributed by atoms with van der Waals surface area (Å²) in [7, 11) is 0. The van der Waals surface area contributed by atoms with E-state index in [1.165, 1.54) is 12.1 Å². The Hall–Kier alpha value is -5.40. The highest BCUT2D eigenvalue weighted by Gasteiger charge is 2.49. The van der Waals surface area contributed by atoms with Crippen LogP contribution in [0.5, 0.6) is 46.0 Å². The number of aromatic hydroxyl groups is 2. The molecule has 5 aromatic rings. The number of nitrogens with zero attached hydrogens (tertiary/aromatic N) is 4. The second-order valence-electron chi connectivity index (χ2n) is 13.1. The number of carbonyl (C=O) groups excluding carboxylic acids is 2. The van der Waals surface area contributed by atoms with Gasteiger partial charge in [0, 0.05) is 23.5 Å². The fourth-order valence-corrected chi connectivity index (χ4v) is 8.45. The molecule has 4 aliphatic rings. The molecule has 0 aromatic heterocycles. The zero-order valence-corrected chi connectivity index (χ0v) is 32.3. The van der Waals surface area contributed by atoms with Crippen molar-refractivity contribution in [3.8, 4) is 46.0 Å². The molecule has 0 aliphatic carbocycles. The minimum atomic E-state index is -0.838. The highest BCUT2D eigenvalue weighted by molar-refractivity contribution is 6.38. The first kappa shape index (κ1) is 36.3. The van der Waals surface area contributed by atoms with E-state index in [-0.39, 0.29) is 67.1 Å². The van der Waals surface area contributed by atoms with E-state index < -0.39 is 22.8 Å². The normalized spacial score (nSPS) is 20.1. The van der Waals surface area contributed by atoms with Gasteiger partial charge in [0.05, 0.1) is 25.3 Å². The van der Waals surface area contributed by atoms with Gasteiger partial charge in [0.1, 0.15) is 42.9 Å². The first-order valence-corrected chi connectivity index (χ1v) is 19.1. The maximum absolute atomic E-state index is 13.1. The molecular weight excluding hydrogens is 806 g/mol. The molecule has 0 bridgehead atoms. The zero-order chi connectivity index (χ0) is 39.2. The lowest BCUT2D eigenvalue weighted by Gasteiger charge is -2.44. The number of phenols is 2. The van der Waals surface area contributed by atoms with Crippen LogP contribution in [0, 0.1) is 0 Å². The Labute approximate surface area is 338 Å². The van der Waals surface area contributed by atoms with Gasteiger partial charge in [-0.2, -0.15) is 0 Å². The Morgan fingerprint density at radius 1 is 0.643 bits per heavy atom. The molecule has 5 aromatic carbocycles. The Morgan fingerprint density at radius 3 is 1.45 bits per heavy atom. The highest BCUT2D eigenvalue weighted by Crippen LogP contribution is 2.50. The fraction of sp³-hybridized carbons (Fsp3) is 0.200. The van der Waals surface area contributed by atoms with Crippen molar-refractivity contribution in [1.29, 1.82) is 0 Å². The lowest BCUT2D eigenvalue weighted by Crippen LogP contribution is -2.56. The number of carbonyl (C=O) groups is 2. The summed E-state index contributed by atoms with van der Waals surface area (Å²) in [4.78, 5) is 38.9. The third kappa shape index (κ3) is 5.57. The number of hydrogen-bond acceptors (Lipinski definition) is 10. The van der Waals surface area contributed by atoms with Crippen LogP contribution in [0.25, 0.3) is 0 Å². The van der Waals surface area contributed by atoms with E-state index >= 15 is 0 Å². The van der Waals surface area contributed by atoms with Crippen molar-refractivity contribution in [1.82, 2.24) is 0 Å². The number of hydrogen-bond donors (Lipinski definition) is 2. The predicted molar refractivity (Wildman–Crippen MR) is 209 cm³/mol. The molecule has 2 amide bonds. The van der Waals surface area contributed by atoms with Gasteiger partial charge in [0.2, 0.25) is 11.8 Å². The molecule has 2 N–H and O–H groups in total. The van der Waals surface area contributed by atoms with Gasteiger partial charge in [0.25, 0.3) is 0 Å². The topological polar surface area (TPSA) is 143 Å². The molecule has 284 valence electrons. The molecule has 4 unspecified atom stereocenters. The van der Waals surface area contributed by atoms with Crippen molar-refractivity contribution >= 4 is 81.0 Å². The van der Waals surface area contributed by atoms with Crippen LogP contribution in [-0.4, -0.2) is 46.0 Å². The van der Waals surface area contributed by atoms with E-state index in [0.29, 0.717) is 58.6 Å². The Kier molecular flexibility index (Phi) is 8.84. The zero-order valence-electron chi connectivity index (χ0n) is 29.3. The molecule has 12 nitrogen and oxygen atoms in total. The van der Waals surface area contributed by atoms with E-state index in [1.807, 2.05) is 0 Å². The summed E-state index contributed by atoms with van der Waals surface area (Å²) in [6, 6.07) is 18.8. The maximum Gasteiger partial charge on any atom is 0.248 e. The molecule has 4 heterocycles. The Morgan fingerprint density at radius 2 is 1.05 bits per heavy atom. The third-order valence-corrected chi connectivity index (χ3v) is 11.4. The number of rotatable bonds is 8. The lowest BCUT2D eigenvalue weighted by atomic mass is 9.92. The van der Waals surface area contributed by atoms with Crippen LogP contribution >= 0.6 is 46.4 Å². The molecule has 16 heteroatoms. The quantitative estimate of drug-likeness (QED) is 0.114. The van der Waals surface area contributed by atoms with Crippen molar-refractivity contribution in [2.45, 2.75) is 36.7 Å². The monoisotopic (exact) mass is 832 g/mol. The number of anilines is 2. The Bertz CT molecular complexity index is 2480. The van der Waals surface area contributed by atoms with Crippen LogP contribution in [0.15, 0.2) is 82.8 Å². The molecule has 0 saturated carbocycles. The van der Waals surface area contributed by atoms with E-state index in [0.717, 1.165) is 0 Å². The lowest BCUT2D eigenvalue weighted by molar-refractivity contribution is -0.124. The number of benzene rings is 5. The number of β-lactam (4-membered cyclic amide) rings is 2. The molecule has 0 radical (unpaired) electrons. The van der Waals surface area contributed by atoms with Crippen LogP contribution in [0.3, 0.4) is 0 Å². The van der Waals surface area contributed by atoms with E-state index in [1.54, 1.807) is 84.3 Å². The van der Waals surface area contributed by atoms with Crippen molar-refractivity contribution in [2.24, 2.45) is 9.98 Å². The number of amides is 2. The average Bonchev–Trinajstić information content (AvgIpc) is 3.20. The molecule has 2 saturated heterocycles.